The summed E-state index contributed by atoms with van der Waals surface area (Å²) in [6.07, 6.45) is 3.62. The zero-order valence-corrected chi connectivity index (χ0v) is 15.7. The molecule has 0 saturated carbocycles. The number of nitrogens with zero attached hydrogens (tertiary/aromatic N) is 1. The number of benzene rings is 2. The highest BCUT2D eigenvalue weighted by molar-refractivity contribution is 5.85. The molecule has 0 bridgehead atoms. The van der Waals surface area contributed by atoms with Crippen molar-refractivity contribution in [2.45, 2.75) is 19.7 Å². The summed E-state index contributed by atoms with van der Waals surface area (Å²) in [5, 5.41) is 3.39. The minimum atomic E-state index is -0.237. The van der Waals surface area contributed by atoms with Crippen molar-refractivity contribution in [1.82, 2.24) is 10.3 Å². The largest absolute Gasteiger partial charge is 0.489 e. The molecule has 1 heterocycles. The number of nitrogens with one attached hydrogen (secondary N) is 1. The number of hydrogen-bond acceptors (Lipinski definition) is 3. The third-order valence-corrected chi connectivity index (χ3v) is 3.65. The molecule has 2 aromatic carbocycles. The van der Waals surface area contributed by atoms with Gasteiger partial charge < -0.3 is 10.1 Å². The van der Waals surface area contributed by atoms with Crippen molar-refractivity contribution in [2.75, 3.05) is 0 Å². The van der Waals surface area contributed by atoms with Crippen LogP contribution in [-0.2, 0) is 19.7 Å². The Morgan fingerprint density at radius 3 is 2.35 bits per heavy atom. The minimum Gasteiger partial charge on any atom is -0.489 e. The molecule has 3 rings (SSSR count). The van der Waals surface area contributed by atoms with E-state index in [1.165, 1.54) is 12.1 Å². The fraction of sp³-hybridized carbons (Fsp3) is 0.150. The molecule has 1 aromatic heterocycles. The monoisotopic (exact) mass is 394 g/mol. The average Bonchev–Trinajstić information content (AvgIpc) is 2.63. The number of halogens is 3. The van der Waals surface area contributed by atoms with Crippen molar-refractivity contribution in [2.24, 2.45) is 0 Å². The first kappa shape index (κ1) is 21.9. The summed E-state index contributed by atoms with van der Waals surface area (Å²) in [4.78, 5) is 4.11. The highest BCUT2D eigenvalue weighted by Crippen LogP contribution is 2.19. The quantitative estimate of drug-likeness (QED) is 0.616. The van der Waals surface area contributed by atoms with Crippen molar-refractivity contribution in [3.8, 4) is 5.75 Å². The highest BCUT2D eigenvalue weighted by atomic mass is 35.5. The molecule has 1 N–H and O–H groups in total. The van der Waals surface area contributed by atoms with E-state index in [0.717, 1.165) is 29.0 Å². The van der Waals surface area contributed by atoms with E-state index in [9.17, 15) is 4.39 Å². The third-order valence-electron chi connectivity index (χ3n) is 3.65. The fourth-order valence-electron chi connectivity index (χ4n) is 2.38. The molecule has 3 aromatic rings. The Bertz CT molecular complexity index is 770. The van der Waals surface area contributed by atoms with Gasteiger partial charge in [0.05, 0.1) is 0 Å². The van der Waals surface area contributed by atoms with E-state index in [2.05, 4.69) is 10.3 Å². The van der Waals surface area contributed by atoms with Gasteiger partial charge in [-0.1, -0.05) is 36.4 Å². The van der Waals surface area contributed by atoms with Crippen LogP contribution in [0.4, 0.5) is 4.39 Å². The Morgan fingerprint density at radius 1 is 0.846 bits per heavy atom. The SMILES string of the molecule is Cl.Cl.Fc1ccc(COc2ccccc2CNCc2cccnc2)cc1. The van der Waals surface area contributed by atoms with Gasteiger partial charge in [-0.15, -0.1) is 24.8 Å². The van der Waals surface area contributed by atoms with E-state index in [1.54, 1.807) is 18.3 Å². The zero-order chi connectivity index (χ0) is 16.6. The first-order valence-electron chi connectivity index (χ1n) is 7.86. The summed E-state index contributed by atoms with van der Waals surface area (Å²) in [7, 11) is 0. The van der Waals surface area contributed by atoms with Crippen LogP contribution in [0.3, 0.4) is 0 Å². The van der Waals surface area contributed by atoms with Crippen LogP contribution in [-0.4, -0.2) is 4.98 Å². The molecular formula is C20H21Cl2FN2O. The second-order valence-electron chi connectivity index (χ2n) is 5.49. The fourth-order valence-corrected chi connectivity index (χ4v) is 2.38. The molecule has 0 aliphatic carbocycles. The lowest BCUT2D eigenvalue weighted by Crippen LogP contribution is -2.13. The molecule has 138 valence electrons. The molecule has 0 aliphatic rings. The van der Waals surface area contributed by atoms with Crippen molar-refractivity contribution in [1.29, 1.82) is 0 Å². The highest BCUT2D eigenvalue weighted by Gasteiger charge is 2.04. The van der Waals surface area contributed by atoms with Crippen LogP contribution < -0.4 is 10.1 Å². The molecule has 6 heteroatoms. The Balaban J connectivity index is 0.00000169. The van der Waals surface area contributed by atoms with Gasteiger partial charge in [0.25, 0.3) is 0 Å². The number of hydrogen-bond donors (Lipinski definition) is 1. The van der Waals surface area contributed by atoms with Gasteiger partial charge >= 0.3 is 0 Å². The van der Waals surface area contributed by atoms with Gasteiger partial charge in [0.15, 0.2) is 0 Å². The van der Waals surface area contributed by atoms with Crippen LogP contribution >= 0.6 is 24.8 Å². The first-order valence-corrected chi connectivity index (χ1v) is 7.86. The van der Waals surface area contributed by atoms with Crippen LogP contribution in [0.1, 0.15) is 16.7 Å². The smallest absolute Gasteiger partial charge is 0.124 e. The lowest BCUT2D eigenvalue weighted by Gasteiger charge is -2.12. The molecular weight excluding hydrogens is 374 g/mol. The zero-order valence-electron chi connectivity index (χ0n) is 14.1. The maximum absolute atomic E-state index is 12.9. The molecule has 0 aliphatic heterocycles. The predicted octanol–water partition coefficient (Wildman–Crippen LogP) is 4.93. The summed E-state index contributed by atoms with van der Waals surface area (Å²) in [6.45, 7) is 1.87. The van der Waals surface area contributed by atoms with Gasteiger partial charge in [0.1, 0.15) is 18.2 Å². The molecule has 26 heavy (non-hydrogen) atoms. The lowest BCUT2D eigenvalue weighted by molar-refractivity contribution is 0.302. The molecule has 0 atom stereocenters. The molecule has 0 radical (unpaired) electrons. The van der Waals surface area contributed by atoms with Crippen LogP contribution in [0.25, 0.3) is 0 Å². The Morgan fingerprint density at radius 2 is 1.62 bits per heavy atom. The van der Waals surface area contributed by atoms with Crippen LogP contribution in [0, 0.1) is 5.82 Å². The molecule has 0 amide bonds. The van der Waals surface area contributed by atoms with Crippen LogP contribution in [0.5, 0.6) is 5.75 Å². The van der Waals surface area contributed by atoms with Gasteiger partial charge in [-0.25, -0.2) is 4.39 Å². The molecule has 0 saturated heterocycles. The normalized spacial score (nSPS) is 9.73. The maximum Gasteiger partial charge on any atom is 0.124 e. The molecule has 3 nitrogen and oxygen atoms in total. The first-order chi connectivity index (χ1) is 11.8. The van der Waals surface area contributed by atoms with Gasteiger partial charge in [-0.2, -0.15) is 0 Å². The van der Waals surface area contributed by atoms with Crippen LogP contribution in [0.15, 0.2) is 73.1 Å². The number of rotatable bonds is 7. The van der Waals surface area contributed by atoms with Gasteiger partial charge in [0.2, 0.25) is 0 Å². The summed E-state index contributed by atoms with van der Waals surface area (Å²) in [5.41, 5.74) is 3.17. The summed E-state index contributed by atoms with van der Waals surface area (Å²) < 4.78 is 18.8. The van der Waals surface area contributed by atoms with Crippen molar-refractivity contribution < 1.29 is 9.13 Å². The second kappa shape index (κ2) is 11.5. The van der Waals surface area contributed by atoms with Crippen molar-refractivity contribution >= 4 is 24.8 Å². The predicted molar refractivity (Wildman–Crippen MR) is 106 cm³/mol. The van der Waals surface area contributed by atoms with Gasteiger partial charge in [0, 0.05) is 31.0 Å². The van der Waals surface area contributed by atoms with E-state index in [1.807, 2.05) is 42.6 Å². The van der Waals surface area contributed by atoms with E-state index in [4.69, 9.17) is 4.74 Å². The maximum atomic E-state index is 12.9. The van der Waals surface area contributed by atoms with Crippen LogP contribution in [0.2, 0.25) is 0 Å². The third kappa shape index (κ3) is 6.64. The lowest BCUT2D eigenvalue weighted by atomic mass is 10.2. The topological polar surface area (TPSA) is 34.1 Å². The molecule has 0 unspecified atom stereocenters. The summed E-state index contributed by atoms with van der Waals surface area (Å²) in [6, 6.07) is 18.3. The minimum absolute atomic E-state index is 0. The average molecular weight is 395 g/mol. The number of para-hydroxylation sites is 1. The standard InChI is InChI=1S/C20H19FN2O.2ClH/c21-19-9-7-16(8-10-19)15-24-20-6-2-1-5-18(20)14-23-13-17-4-3-11-22-12-17;;/h1-12,23H,13-15H2;2*1H. The second-order valence-corrected chi connectivity index (χ2v) is 5.49. The summed E-state index contributed by atoms with van der Waals surface area (Å²) >= 11 is 0. The van der Waals surface area contributed by atoms with E-state index in [-0.39, 0.29) is 30.6 Å². The van der Waals surface area contributed by atoms with Gasteiger partial charge in [-0.05, 0) is 35.4 Å². The van der Waals surface area contributed by atoms with E-state index in [0.29, 0.717) is 13.2 Å². The Hall–Kier alpha value is -2.14. The number of pyridine rings is 1. The Kier molecular flexibility index (Phi) is 9.66. The number of aromatic nitrogens is 1. The molecule has 0 spiro atoms. The van der Waals surface area contributed by atoms with Crippen molar-refractivity contribution in [3.05, 3.63) is 95.6 Å². The van der Waals surface area contributed by atoms with Crippen molar-refractivity contribution in [3.63, 3.8) is 0 Å². The van der Waals surface area contributed by atoms with E-state index < -0.39 is 0 Å². The number of ether oxygens (including phenoxy) is 1. The summed E-state index contributed by atoms with van der Waals surface area (Å²) in [5.74, 6) is 0.597. The van der Waals surface area contributed by atoms with Gasteiger partial charge in [-0.3, -0.25) is 4.98 Å². The Labute approximate surface area is 165 Å². The van der Waals surface area contributed by atoms with E-state index >= 15 is 0 Å². The molecule has 0 fully saturated rings.